The van der Waals surface area contributed by atoms with Crippen molar-refractivity contribution in [2.45, 2.75) is 6.92 Å². The molecule has 0 aliphatic heterocycles. The fraction of sp³-hybridized carbons (Fsp3) is 0.455. The highest BCUT2D eigenvalue weighted by molar-refractivity contribution is 5.94. The van der Waals surface area contributed by atoms with E-state index >= 15 is 0 Å². The zero-order valence-corrected chi connectivity index (χ0v) is 9.51. The zero-order valence-electron chi connectivity index (χ0n) is 9.51. The SMILES string of the molecule is CCN(CCOC)c1cnccc1C(=O)O. The Bertz CT molecular complexity index is 355. The fourth-order valence-electron chi connectivity index (χ4n) is 1.47. The van der Waals surface area contributed by atoms with E-state index in [9.17, 15) is 4.79 Å². The van der Waals surface area contributed by atoms with Crippen molar-refractivity contribution in [2.24, 2.45) is 0 Å². The maximum atomic E-state index is 11.0. The number of methoxy groups -OCH3 is 1. The predicted octanol–water partition coefficient (Wildman–Crippen LogP) is 1.25. The number of aromatic carboxylic acids is 1. The van der Waals surface area contributed by atoms with Gasteiger partial charge in [-0.05, 0) is 13.0 Å². The minimum Gasteiger partial charge on any atom is -0.478 e. The number of aromatic nitrogens is 1. The van der Waals surface area contributed by atoms with Gasteiger partial charge in [0.2, 0.25) is 0 Å². The minimum atomic E-state index is -0.937. The van der Waals surface area contributed by atoms with E-state index in [1.165, 1.54) is 12.3 Å². The average molecular weight is 224 g/mol. The molecular weight excluding hydrogens is 208 g/mol. The van der Waals surface area contributed by atoms with Crippen LogP contribution in [-0.2, 0) is 4.74 Å². The molecule has 0 fully saturated rings. The summed E-state index contributed by atoms with van der Waals surface area (Å²) in [4.78, 5) is 16.9. The number of nitrogens with zero attached hydrogens (tertiary/aromatic N) is 2. The fourth-order valence-corrected chi connectivity index (χ4v) is 1.47. The minimum absolute atomic E-state index is 0.271. The third-order valence-corrected chi connectivity index (χ3v) is 2.32. The molecule has 0 spiro atoms. The largest absolute Gasteiger partial charge is 0.478 e. The Morgan fingerprint density at radius 2 is 2.38 bits per heavy atom. The predicted molar refractivity (Wildman–Crippen MR) is 61.0 cm³/mol. The van der Waals surface area contributed by atoms with Crippen molar-refractivity contribution < 1.29 is 14.6 Å². The van der Waals surface area contributed by atoms with Gasteiger partial charge in [0.1, 0.15) is 0 Å². The second-order valence-corrected chi connectivity index (χ2v) is 3.27. The van der Waals surface area contributed by atoms with Crippen LogP contribution in [0.5, 0.6) is 0 Å². The Morgan fingerprint density at radius 3 is 2.94 bits per heavy atom. The first-order valence-corrected chi connectivity index (χ1v) is 5.11. The van der Waals surface area contributed by atoms with Crippen LogP contribution in [0.3, 0.4) is 0 Å². The van der Waals surface area contributed by atoms with Crippen LogP contribution in [-0.4, -0.2) is 42.9 Å². The van der Waals surface area contributed by atoms with Gasteiger partial charge in [0, 0.05) is 26.4 Å². The Labute approximate surface area is 94.7 Å². The van der Waals surface area contributed by atoms with Gasteiger partial charge in [0.05, 0.1) is 24.1 Å². The van der Waals surface area contributed by atoms with E-state index in [1.807, 2.05) is 11.8 Å². The smallest absolute Gasteiger partial charge is 0.337 e. The lowest BCUT2D eigenvalue weighted by molar-refractivity contribution is 0.0697. The van der Waals surface area contributed by atoms with E-state index in [2.05, 4.69) is 4.98 Å². The first-order valence-electron chi connectivity index (χ1n) is 5.11. The third-order valence-electron chi connectivity index (χ3n) is 2.32. The van der Waals surface area contributed by atoms with E-state index in [4.69, 9.17) is 9.84 Å². The van der Waals surface area contributed by atoms with Crippen LogP contribution >= 0.6 is 0 Å². The second kappa shape index (κ2) is 6.07. The highest BCUT2D eigenvalue weighted by atomic mass is 16.5. The molecular formula is C11H16N2O3. The summed E-state index contributed by atoms with van der Waals surface area (Å²) in [5.41, 5.74) is 0.905. The quantitative estimate of drug-likeness (QED) is 0.788. The maximum Gasteiger partial charge on any atom is 0.337 e. The number of anilines is 1. The number of hydrogen-bond donors (Lipinski definition) is 1. The van der Waals surface area contributed by atoms with Crippen molar-refractivity contribution in [3.63, 3.8) is 0 Å². The van der Waals surface area contributed by atoms with Gasteiger partial charge in [0.25, 0.3) is 0 Å². The number of likely N-dealkylation sites (N-methyl/N-ethyl adjacent to an activating group) is 1. The molecule has 0 saturated carbocycles. The van der Waals surface area contributed by atoms with Crippen molar-refractivity contribution in [1.29, 1.82) is 0 Å². The number of rotatable bonds is 6. The molecule has 0 atom stereocenters. The molecule has 1 rings (SSSR count). The molecule has 0 aromatic carbocycles. The Balaban J connectivity index is 2.94. The second-order valence-electron chi connectivity index (χ2n) is 3.27. The van der Waals surface area contributed by atoms with Crippen LogP contribution in [0.1, 0.15) is 17.3 Å². The van der Waals surface area contributed by atoms with Gasteiger partial charge in [-0.15, -0.1) is 0 Å². The molecule has 0 aliphatic rings. The number of carboxylic acid groups (broad SMARTS) is 1. The van der Waals surface area contributed by atoms with Crippen LogP contribution in [0.2, 0.25) is 0 Å². The lowest BCUT2D eigenvalue weighted by Gasteiger charge is -2.23. The van der Waals surface area contributed by atoms with Crippen molar-refractivity contribution in [2.75, 3.05) is 31.7 Å². The summed E-state index contributed by atoms with van der Waals surface area (Å²) in [6.45, 7) is 3.89. The van der Waals surface area contributed by atoms with Crippen molar-refractivity contribution in [3.8, 4) is 0 Å². The van der Waals surface area contributed by atoms with Crippen LogP contribution in [0, 0.1) is 0 Å². The lowest BCUT2D eigenvalue weighted by Crippen LogP contribution is -2.28. The highest BCUT2D eigenvalue weighted by Crippen LogP contribution is 2.18. The number of ether oxygens (including phenoxy) is 1. The van der Waals surface area contributed by atoms with Crippen molar-refractivity contribution in [1.82, 2.24) is 4.98 Å². The molecule has 0 aliphatic carbocycles. The molecule has 5 nitrogen and oxygen atoms in total. The van der Waals surface area contributed by atoms with Gasteiger partial charge < -0.3 is 14.7 Å². The van der Waals surface area contributed by atoms with Crippen LogP contribution in [0.25, 0.3) is 0 Å². The number of hydrogen-bond acceptors (Lipinski definition) is 4. The number of carboxylic acids is 1. The maximum absolute atomic E-state index is 11.0. The standard InChI is InChI=1S/C11H16N2O3/c1-3-13(6-7-16-2)10-8-12-5-4-9(10)11(14)15/h4-5,8H,3,6-7H2,1-2H3,(H,14,15). The van der Waals surface area contributed by atoms with Gasteiger partial charge >= 0.3 is 5.97 Å². The molecule has 1 aromatic rings. The van der Waals surface area contributed by atoms with E-state index in [0.717, 1.165) is 6.54 Å². The summed E-state index contributed by atoms with van der Waals surface area (Å²) in [6, 6.07) is 1.51. The van der Waals surface area contributed by atoms with Crippen LogP contribution < -0.4 is 4.90 Å². The first-order chi connectivity index (χ1) is 7.70. The molecule has 0 unspecified atom stereocenters. The van der Waals surface area contributed by atoms with Gasteiger partial charge in [0.15, 0.2) is 0 Å². The normalized spacial score (nSPS) is 10.1. The summed E-state index contributed by atoms with van der Waals surface area (Å²) < 4.78 is 4.99. The molecule has 1 aromatic heterocycles. The first kappa shape index (κ1) is 12.4. The number of pyridine rings is 1. The van der Waals surface area contributed by atoms with Gasteiger partial charge in [-0.25, -0.2) is 4.79 Å². The van der Waals surface area contributed by atoms with E-state index in [1.54, 1.807) is 13.3 Å². The Morgan fingerprint density at radius 1 is 1.62 bits per heavy atom. The average Bonchev–Trinajstić information content (AvgIpc) is 2.30. The summed E-state index contributed by atoms with van der Waals surface area (Å²) >= 11 is 0. The van der Waals surface area contributed by atoms with Crippen LogP contribution in [0.4, 0.5) is 5.69 Å². The van der Waals surface area contributed by atoms with Crippen LogP contribution in [0.15, 0.2) is 18.5 Å². The van der Waals surface area contributed by atoms with Crippen molar-refractivity contribution >= 4 is 11.7 Å². The lowest BCUT2D eigenvalue weighted by atomic mass is 10.2. The molecule has 0 amide bonds. The molecule has 0 bridgehead atoms. The van der Waals surface area contributed by atoms with E-state index in [0.29, 0.717) is 18.8 Å². The molecule has 0 radical (unpaired) electrons. The summed E-state index contributed by atoms with van der Waals surface area (Å²) in [7, 11) is 1.62. The summed E-state index contributed by atoms with van der Waals surface area (Å²) in [5, 5.41) is 9.05. The third kappa shape index (κ3) is 2.93. The Kier molecular flexibility index (Phi) is 4.72. The monoisotopic (exact) mass is 224 g/mol. The number of carbonyl (C=O) groups is 1. The van der Waals surface area contributed by atoms with E-state index in [-0.39, 0.29) is 5.56 Å². The topological polar surface area (TPSA) is 62.7 Å². The summed E-state index contributed by atoms with van der Waals surface area (Å²) in [6.07, 6.45) is 3.06. The van der Waals surface area contributed by atoms with Gasteiger partial charge in [-0.3, -0.25) is 4.98 Å². The molecule has 1 heterocycles. The van der Waals surface area contributed by atoms with Gasteiger partial charge in [-0.1, -0.05) is 0 Å². The highest BCUT2D eigenvalue weighted by Gasteiger charge is 2.14. The molecule has 0 saturated heterocycles. The van der Waals surface area contributed by atoms with Crippen molar-refractivity contribution in [3.05, 3.63) is 24.0 Å². The molecule has 88 valence electrons. The van der Waals surface area contributed by atoms with Gasteiger partial charge in [-0.2, -0.15) is 0 Å². The molecule has 1 N–H and O–H groups in total. The zero-order chi connectivity index (χ0) is 12.0. The molecule has 5 heteroatoms. The molecule has 16 heavy (non-hydrogen) atoms. The van der Waals surface area contributed by atoms with E-state index < -0.39 is 5.97 Å². The summed E-state index contributed by atoms with van der Waals surface area (Å²) in [5.74, 6) is -0.937. The Hall–Kier alpha value is -1.62.